The van der Waals surface area contributed by atoms with Crippen molar-refractivity contribution in [2.75, 3.05) is 0 Å². The van der Waals surface area contributed by atoms with Crippen LogP contribution in [0.2, 0.25) is 0 Å². The molecule has 226 valence electrons. The second-order valence-electron chi connectivity index (χ2n) is 15.1. The lowest BCUT2D eigenvalue weighted by molar-refractivity contribution is -0.140. The Labute approximate surface area is 248 Å². The van der Waals surface area contributed by atoms with Gasteiger partial charge in [0, 0.05) is 11.8 Å². The molecule has 1 N–H and O–H groups in total. The molecule has 0 radical (unpaired) electrons. The SMILES string of the molecule is CC[C@H](C[C@@H](O)[C@@H](C)[C@H]1CC[C@H]2C3=CC(=O)[C@H]4[C@H](C)[C@@H](OC(=O)c5ccccc5)CC[C@]4(C)[C@@H]3CC[C@]12C)C(C)C. The summed E-state index contributed by atoms with van der Waals surface area (Å²) >= 11 is 0. The van der Waals surface area contributed by atoms with Gasteiger partial charge in [-0.2, -0.15) is 0 Å². The van der Waals surface area contributed by atoms with E-state index in [1.165, 1.54) is 12.0 Å². The van der Waals surface area contributed by atoms with Crippen LogP contribution >= 0.6 is 0 Å². The lowest BCUT2D eigenvalue weighted by Crippen LogP contribution is -2.56. The predicted molar refractivity (Wildman–Crippen MR) is 164 cm³/mol. The van der Waals surface area contributed by atoms with Gasteiger partial charge >= 0.3 is 5.97 Å². The second kappa shape index (κ2) is 11.6. The largest absolute Gasteiger partial charge is 0.458 e. The number of rotatable bonds is 8. The minimum atomic E-state index is -0.286. The fraction of sp³-hybridized carbons (Fsp3) is 0.730. The zero-order valence-electron chi connectivity index (χ0n) is 26.6. The van der Waals surface area contributed by atoms with Crippen molar-refractivity contribution in [2.24, 2.45) is 58.2 Å². The Kier molecular flexibility index (Phi) is 8.65. The molecule has 1 aromatic carbocycles. The smallest absolute Gasteiger partial charge is 0.338 e. The van der Waals surface area contributed by atoms with E-state index in [2.05, 4.69) is 48.5 Å². The van der Waals surface area contributed by atoms with Gasteiger partial charge in [0.05, 0.1) is 11.7 Å². The highest BCUT2D eigenvalue weighted by atomic mass is 16.5. The van der Waals surface area contributed by atoms with Gasteiger partial charge in [-0.15, -0.1) is 0 Å². The Morgan fingerprint density at radius 2 is 1.66 bits per heavy atom. The number of allylic oxidation sites excluding steroid dienone is 2. The third-order valence-corrected chi connectivity index (χ3v) is 12.9. The maximum atomic E-state index is 14.0. The molecular formula is C37H54O4. The molecule has 0 bridgehead atoms. The molecule has 4 nitrogen and oxygen atoms in total. The van der Waals surface area contributed by atoms with Crippen molar-refractivity contribution in [3.63, 3.8) is 0 Å². The monoisotopic (exact) mass is 562 g/mol. The average Bonchev–Trinajstić information content (AvgIpc) is 3.30. The van der Waals surface area contributed by atoms with Crippen molar-refractivity contribution in [1.82, 2.24) is 0 Å². The van der Waals surface area contributed by atoms with E-state index in [4.69, 9.17) is 4.74 Å². The Morgan fingerprint density at radius 1 is 1.00 bits per heavy atom. The summed E-state index contributed by atoms with van der Waals surface area (Å²) in [4.78, 5) is 26.9. The summed E-state index contributed by atoms with van der Waals surface area (Å²) < 4.78 is 6.03. The van der Waals surface area contributed by atoms with Gasteiger partial charge in [0.1, 0.15) is 6.10 Å². The first-order chi connectivity index (χ1) is 19.4. The van der Waals surface area contributed by atoms with E-state index in [9.17, 15) is 14.7 Å². The molecule has 3 saturated carbocycles. The first-order valence-corrected chi connectivity index (χ1v) is 16.6. The van der Waals surface area contributed by atoms with Gasteiger partial charge in [0.15, 0.2) is 5.78 Å². The van der Waals surface area contributed by atoms with E-state index < -0.39 is 0 Å². The van der Waals surface area contributed by atoms with Crippen LogP contribution in [0.25, 0.3) is 0 Å². The van der Waals surface area contributed by atoms with Gasteiger partial charge in [0.25, 0.3) is 0 Å². The van der Waals surface area contributed by atoms with Crippen LogP contribution in [0.3, 0.4) is 0 Å². The van der Waals surface area contributed by atoms with Gasteiger partial charge in [-0.25, -0.2) is 4.79 Å². The number of esters is 1. The van der Waals surface area contributed by atoms with Crippen LogP contribution in [-0.4, -0.2) is 29.1 Å². The topological polar surface area (TPSA) is 63.6 Å². The van der Waals surface area contributed by atoms with Crippen LogP contribution in [0, 0.1) is 58.2 Å². The van der Waals surface area contributed by atoms with Crippen LogP contribution in [0.4, 0.5) is 0 Å². The van der Waals surface area contributed by atoms with Gasteiger partial charge < -0.3 is 9.84 Å². The highest BCUT2D eigenvalue weighted by Crippen LogP contribution is 2.67. The summed E-state index contributed by atoms with van der Waals surface area (Å²) in [6, 6.07) is 9.19. The molecule has 41 heavy (non-hydrogen) atoms. The van der Waals surface area contributed by atoms with Crippen molar-refractivity contribution < 1.29 is 19.4 Å². The molecule has 0 aliphatic heterocycles. The number of ether oxygens (including phenoxy) is 1. The highest BCUT2D eigenvalue weighted by Gasteiger charge is 2.61. The van der Waals surface area contributed by atoms with Gasteiger partial charge in [0.2, 0.25) is 0 Å². The van der Waals surface area contributed by atoms with Gasteiger partial charge in [-0.05, 0) is 109 Å². The Bertz CT molecular complexity index is 1140. The summed E-state index contributed by atoms with van der Waals surface area (Å²) in [5.74, 6) is 2.61. The molecule has 0 spiro atoms. The highest BCUT2D eigenvalue weighted by molar-refractivity contribution is 5.95. The molecule has 0 amide bonds. The number of hydrogen-bond acceptors (Lipinski definition) is 4. The van der Waals surface area contributed by atoms with E-state index in [0.717, 1.165) is 44.9 Å². The molecule has 11 atom stereocenters. The van der Waals surface area contributed by atoms with Crippen LogP contribution < -0.4 is 0 Å². The number of aliphatic hydroxyl groups is 1. The number of aliphatic hydroxyl groups excluding tert-OH is 1. The summed E-state index contributed by atoms with van der Waals surface area (Å²) in [7, 11) is 0. The van der Waals surface area contributed by atoms with E-state index in [0.29, 0.717) is 35.2 Å². The van der Waals surface area contributed by atoms with Crippen molar-refractivity contribution >= 4 is 11.8 Å². The first kappa shape index (κ1) is 30.5. The van der Waals surface area contributed by atoms with E-state index in [-0.39, 0.29) is 52.5 Å². The van der Waals surface area contributed by atoms with Crippen LogP contribution in [0.15, 0.2) is 42.0 Å². The number of carbonyl (C=O) groups is 2. The van der Waals surface area contributed by atoms with E-state index in [1.54, 1.807) is 12.1 Å². The molecule has 1 aromatic rings. The molecule has 0 saturated heterocycles. The van der Waals surface area contributed by atoms with Crippen LogP contribution in [0.1, 0.15) is 110 Å². The number of hydrogen-bond donors (Lipinski definition) is 1. The third-order valence-electron chi connectivity index (χ3n) is 12.9. The van der Waals surface area contributed by atoms with Gasteiger partial charge in [-0.1, -0.05) is 78.7 Å². The zero-order valence-corrected chi connectivity index (χ0v) is 26.6. The molecule has 0 heterocycles. The lowest BCUT2D eigenvalue weighted by Gasteiger charge is -2.58. The van der Waals surface area contributed by atoms with Crippen LogP contribution in [-0.2, 0) is 9.53 Å². The minimum absolute atomic E-state index is 0.000938. The molecule has 4 heteroatoms. The van der Waals surface area contributed by atoms with Crippen molar-refractivity contribution in [3.8, 4) is 0 Å². The predicted octanol–water partition coefficient (Wildman–Crippen LogP) is 8.29. The average molecular weight is 563 g/mol. The Balaban J connectivity index is 1.34. The molecule has 4 aliphatic carbocycles. The number of carbonyl (C=O) groups excluding carboxylic acids is 2. The fourth-order valence-electron chi connectivity index (χ4n) is 10.4. The maximum Gasteiger partial charge on any atom is 0.338 e. The summed E-state index contributed by atoms with van der Waals surface area (Å²) in [5, 5.41) is 11.4. The fourth-order valence-corrected chi connectivity index (χ4v) is 10.4. The quantitative estimate of drug-likeness (QED) is 0.324. The van der Waals surface area contributed by atoms with E-state index in [1.807, 2.05) is 24.3 Å². The molecule has 0 unspecified atom stereocenters. The molecular weight excluding hydrogens is 508 g/mol. The maximum absolute atomic E-state index is 14.0. The van der Waals surface area contributed by atoms with Crippen molar-refractivity contribution in [2.45, 2.75) is 112 Å². The van der Waals surface area contributed by atoms with Gasteiger partial charge in [-0.3, -0.25) is 4.79 Å². The lowest BCUT2D eigenvalue weighted by atomic mass is 9.46. The standard InChI is InChI=1S/C37H54O4/c1-8-25(22(2)3)20-31(38)23(4)28-14-15-29-27-21-32(39)34-24(5)33(41-35(40)26-12-10-9-11-13-26)17-19-37(34,7)30(27)16-18-36(28,29)6/h9-13,21-25,28-31,33-34,38H,8,14-20H2,1-7H3/t23-,24+,25+,28+,29-,30+,31+,33-,34+,36+,37+/m0/s1. The molecule has 0 aromatic heterocycles. The third kappa shape index (κ3) is 5.25. The molecule has 5 rings (SSSR count). The molecule has 3 fully saturated rings. The summed E-state index contributed by atoms with van der Waals surface area (Å²) in [5.41, 5.74) is 2.03. The second-order valence-corrected chi connectivity index (χ2v) is 15.1. The molecule has 4 aliphatic rings. The van der Waals surface area contributed by atoms with E-state index >= 15 is 0 Å². The van der Waals surface area contributed by atoms with Crippen LogP contribution in [0.5, 0.6) is 0 Å². The Hall–Kier alpha value is -1.94. The van der Waals surface area contributed by atoms with Crippen molar-refractivity contribution in [1.29, 1.82) is 0 Å². The number of benzene rings is 1. The number of ketones is 1. The minimum Gasteiger partial charge on any atom is -0.458 e. The summed E-state index contributed by atoms with van der Waals surface area (Å²) in [6.07, 6.45) is 9.84. The number of fused-ring (bicyclic) bond motifs is 5. The zero-order chi connectivity index (χ0) is 29.7. The first-order valence-electron chi connectivity index (χ1n) is 16.6. The normalized spacial score (nSPS) is 38.8. The Morgan fingerprint density at radius 3 is 2.32 bits per heavy atom. The summed E-state index contributed by atoms with van der Waals surface area (Å²) in [6.45, 7) is 16.1. The van der Waals surface area contributed by atoms with Crippen molar-refractivity contribution in [3.05, 3.63) is 47.5 Å².